The maximum absolute atomic E-state index is 17.4. The van der Waals surface area contributed by atoms with Crippen molar-refractivity contribution in [1.82, 2.24) is 9.80 Å². The lowest BCUT2D eigenvalue weighted by Gasteiger charge is -2.32. The summed E-state index contributed by atoms with van der Waals surface area (Å²) in [4.78, 5) is 31.5. The number of benzene rings is 3. The number of rotatable bonds is 7. The molecule has 7 nitrogen and oxygen atoms in total. The van der Waals surface area contributed by atoms with Gasteiger partial charge in [0.2, 0.25) is 5.67 Å². The van der Waals surface area contributed by atoms with Gasteiger partial charge in [0, 0.05) is 74.3 Å². The zero-order valence-electron chi connectivity index (χ0n) is 26.8. The third kappa shape index (κ3) is 5.90. The molecule has 1 saturated carbocycles. The normalized spacial score (nSPS) is 26.3. The van der Waals surface area contributed by atoms with Gasteiger partial charge in [0.15, 0.2) is 0 Å². The molecular weight excluding hydrogens is 626 g/mol. The van der Waals surface area contributed by atoms with E-state index in [9.17, 15) is 27.9 Å². The van der Waals surface area contributed by atoms with E-state index in [0.717, 1.165) is 43.4 Å². The molecule has 4 fully saturated rings. The minimum absolute atomic E-state index is 0.0360. The molecule has 4 aliphatic rings. The first-order chi connectivity index (χ1) is 22.9. The van der Waals surface area contributed by atoms with Gasteiger partial charge in [-0.1, -0.05) is 37.1 Å². The zero-order valence-corrected chi connectivity index (χ0v) is 26.8. The van der Waals surface area contributed by atoms with Gasteiger partial charge in [-0.15, -0.1) is 0 Å². The molecule has 3 saturated heterocycles. The number of methoxy groups -OCH3 is 1. The van der Waals surface area contributed by atoms with Gasteiger partial charge < -0.3 is 19.6 Å². The van der Waals surface area contributed by atoms with Crippen LogP contribution in [0.4, 0.5) is 23.2 Å². The minimum atomic E-state index is -4.55. The van der Waals surface area contributed by atoms with Gasteiger partial charge in [-0.05, 0) is 66.4 Å². The molecule has 1 N–H and O–H groups in total. The van der Waals surface area contributed by atoms with Gasteiger partial charge in [-0.2, -0.15) is 13.2 Å². The average Bonchev–Trinajstić information content (AvgIpc) is 3.88. The number of ether oxygens (including phenoxy) is 1. The van der Waals surface area contributed by atoms with Crippen molar-refractivity contribution in [2.75, 3.05) is 51.3 Å². The summed E-state index contributed by atoms with van der Waals surface area (Å²) in [7, 11) is 1.58. The van der Waals surface area contributed by atoms with Gasteiger partial charge in [-0.3, -0.25) is 9.69 Å². The number of carbonyl (C=O) groups excluding carboxylic acids is 1. The standard InChI is InChI=1S/C37H39F4N3O4/c1-48-30-13-10-24(11-14-30)32-21-44(29-4-2-3-5-29)22-36(32,38)35(47)43-19-26-17-42(18-27(26)20-43)33-15-12-28(37(39,40)41)16-31(33)23-6-8-25(9-7-23)34(45)46/h6-16,26-27,29,32H,2-5,17-22H2,1H3,(H,45,46)/t26-,27+,32-,36-/m0/s1. The maximum atomic E-state index is 17.4. The van der Waals surface area contributed by atoms with E-state index >= 15 is 4.39 Å². The van der Waals surface area contributed by atoms with Crippen molar-refractivity contribution >= 4 is 17.6 Å². The fourth-order valence-corrected chi connectivity index (χ4v) is 8.45. The topological polar surface area (TPSA) is 73.3 Å². The number of carbonyl (C=O) groups is 2. The van der Waals surface area contributed by atoms with Crippen LogP contribution in [0.15, 0.2) is 66.7 Å². The van der Waals surface area contributed by atoms with Crippen molar-refractivity contribution in [3.05, 3.63) is 83.4 Å². The summed E-state index contributed by atoms with van der Waals surface area (Å²) in [5, 5.41) is 9.30. The predicted octanol–water partition coefficient (Wildman–Crippen LogP) is 6.72. The van der Waals surface area contributed by atoms with Crippen LogP contribution in [0.2, 0.25) is 0 Å². The summed E-state index contributed by atoms with van der Waals surface area (Å²) in [5.41, 5.74) is -0.585. The van der Waals surface area contributed by atoms with E-state index in [1.54, 1.807) is 12.0 Å². The maximum Gasteiger partial charge on any atom is 0.416 e. The Labute approximate surface area is 277 Å². The number of anilines is 1. The van der Waals surface area contributed by atoms with Crippen LogP contribution in [0.25, 0.3) is 11.1 Å². The third-order valence-corrected chi connectivity index (χ3v) is 11.0. The zero-order chi connectivity index (χ0) is 33.8. The number of carboxylic acid groups (broad SMARTS) is 1. The molecule has 0 bridgehead atoms. The Morgan fingerprint density at radius 1 is 0.875 bits per heavy atom. The van der Waals surface area contributed by atoms with Gasteiger partial charge in [0.05, 0.1) is 18.2 Å². The molecule has 0 radical (unpaired) electrons. The number of carboxylic acids is 1. The minimum Gasteiger partial charge on any atom is -0.497 e. The van der Waals surface area contributed by atoms with Gasteiger partial charge in [-0.25, -0.2) is 9.18 Å². The van der Waals surface area contributed by atoms with Crippen LogP contribution < -0.4 is 9.64 Å². The number of fused-ring (bicyclic) bond motifs is 1. The molecule has 7 rings (SSSR count). The van der Waals surface area contributed by atoms with E-state index in [-0.39, 0.29) is 30.0 Å². The molecule has 11 heteroatoms. The molecule has 3 aromatic rings. The van der Waals surface area contributed by atoms with E-state index < -0.39 is 35.2 Å². The van der Waals surface area contributed by atoms with Crippen molar-refractivity contribution in [1.29, 1.82) is 0 Å². The molecule has 3 aromatic carbocycles. The van der Waals surface area contributed by atoms with Crippen molar-refractivity contribution in [2.45, 2.75) is 49.5 Å². The van der Waals surface area contributed by atoms with Crippen LogP contribution in [-0.4, -0.2) is 84.9 Å². The first-order valence-electron chi connectivity index (χ1n) is 16.6. The number of amides is 1. The number of hydrogen-bond donors (Lipinski definition) is 1. The fourth-order valence-electron chi connectivity index (χ4n) is 8.45. The summed E-state index contributed by atoms with van der Waals surface area (Å²) in [6.45, 7) is 2.34. The Bertz CT molecular complexity index is 1660. The Morgan fingerprint density at radius 3 is 2.10 bits per heavy atom. The highest BCUT2D eigenvalue weighted by Gasteiger charge is 2.58. The van der Waals surface area contributed by atoms with Gasteiger partial charge in [0.25, 0.3) is 5.91 Å². The molecule has 0 spiro atoms. The summed E-state index contributed by atoms with van der Waals surface area (Å²) >= 11 is 0. The Kier molecular flexibility index (Phi) is 8.38. The highest BCUT2D eigenvalue weighted by atomic mass is 19.4. The lowest BCUT2D eigenvalue weighted by atomic mass is 9.85. The Balaban J connectivity index is 1.11. The SMILES string of the molecule is COc1ccc([C@@H]2CN(C3CCCC3)C[C@@]2(F)C(=O)N2C[C@@H]3CN(c4ccc(C(F)(F)F)cc4-c4ccc(C(=O)O)cc4)C[C@@H]3C2)cc1. The van der Waals surface area contributed by atoms with Crippen molar-refractivity contribution in [3.63, 3.8) is 0 Å². The van der Waals surface area contributed by atoms with Crippen molar-refractivity contribution in [3.8, 4) is 16.9 Å². The largest absolute Gasteiger partial charge is 0.497 e. The second-order valence-corrected chi connectivity index (χ2v) is 13.8. The molecule has 3 heterocycles. The van der Waals surface area contributed by atoms with Crippen molar-refractivity contribution in [2.24, 2.45) is 11.8 Å². The molecular formula is C37H39F4N3O4. The summed E-state index contributed by atoms with van der Waals surface area (Å²) in [6, 6.07) is 17.1. The average molecular weight is 666 g/mol. The first kappa shape index (κ1) is 32.4. The molecule has 254 valence electrons. The smallest absolute Gasteiger partial charge is 0.416 e. The van der Waals surface area contributed by atoms with Crippen LogP contribution in [0.1, 0.15) is 53.1 Å². The van der Waals surface area contributed by atoms with E-state index in [4.69, 9.17) is 4.74 Å². The van der Waals surface area contributed by atoms with Crippen LogP contribution in [0.5, 0.6) is 5.75 Å². The van der Waals surface area contributed by atoms with Crippen LogP contribution in [0.3, 0.4) is 0 Å². The van der Waals surface area contributed by atoms with E-state index in [0.29, 0.717) is 55.3 Å². The first-order valence-corrected chi connectivity index (χ1v) is 16.6. The Hall–Kier alpha value is -4.12. The summed E-state index contributed by atoms with van der Waals surface area (Å²) < 4.78 is 63.9. The highest BCUT2D eigenvalue weighted by Crippen LogP contribution is 2.46. The molecule has 1 amide bonds. The number of hydrogen-bond acceptors (Lipinski definition) is 5. The monoisotopic (exact) mass is 665 g/mol. The van der Waals surface area contributed by atoms with Crippen LogP contribution in [0, 0.1) is 11.8 Å². The quantitative estimate of drug-likeness (QED) is 0.283. The molecule has 4 atom stereocenters. The van der Waals surface area contributed by atoms with Crippen molar-refractivity contribution < 1.29 is 37.0 Å². The number of alkyl halides is 4. The lowest BCUT2D eigenvalue weighted by molar-refractivity contribution is -0.143. The number of halogens is 4. The molecule has 3 aliphatic heterocycles. The van der Waals surface area contributed by atoms with E-state index in [1.807, 2.05) is 29.2 Å². The summed E-state index contributed by atoms with van der Waals surface area (Å²) in [5.74, 6) is -1.45. The van der Waals surface area contributed by atoms with Gasteiger partial charge in [0.1, 0.15) is 5.75 Å². The number of nitrogens with zero attached hydrogens (tertiary/aromatic N) is 3. The summed E-state index contributed by atoms with van der Waals surface area (Å²) in [6.07, 6.45) is -0.294. The Morgan fingerprint density at radius 2 is 1.52 bits per heavy atom. The molecule has 48 heavy (non-hydrogen) atoms. The second-order valence-electron chi connectivity index (χ2n) is 13.8. The predicted molar refractivity (Wildman–Crippen MR) is 173 cm³/mol. The number of likely N-dealkylation sites (tertiary alicyclic amines) is 2. The van der Waals surface area contributed by atoms with Crippen LogP contribution in [-0.2, 0) is 11.0 Å². The second kappa shape index (κ2) is 12.4. The molecule has 1 aliphatic carbocycles. The number of aromatic carboxylic acids is 1. The molecule has 0 unspecified atom stereocenters. The lowest BCUT2D eigenvalue weighted by Crippen LogP contribution is -2.50. The molecule has 0 aromatic heterocycles. The fraction of sp³-hybridized carbons (Fsp3) is 0.459. The van der Waals surface area contributed by atoms with E-state index in [2.05, 4.69) is 4.90 Å². The van der Waals surface area contributed by atoms with Crippen LogP contribution >= 0.6 is 0 Å². The third-order valence-electron chi connectivity index (χ3n) is 11.0. The van der Waals surface area contributed by atoms with Gasteiger partial charge >= 0.3 is 12.1 Å². The highest BCUT2D eigenvalue weighted by molar-refractivity contribution is 5.89. The van der Waals surface area contributed by atoms with E-state index in [1.165, 1.54) is 30.3 Å².